The lowest BCUT2D eigenvalue weighted by Gasteiger charge is -2.30. The monoisotopic (exact) mass is 439 g/mol. The minimum atomic E-state index is -0.479. The second kappa shape index (κ2) is 11.8. The van der Waals surface area contributed by atoms with Crippen LogP contribution in [0.1, 0.15) is 112 Å². The van der Waals surface area contributed by atoms with Crippen molar-refractivity contribution >= 4 is 35.3 Å². The van der Waals surface area contributed by atoms with Crippen molar-refractivity contribution in [2.75, 3.05) is 0 Å². The molecule has 0 bridgehead atoms. The lowest BCUT2D eigenvalue weighted by Crippen LogP contribution is -2.46. The molecule has 29 heavy (non-hydrogen) atoms. The van der Waals surface area contributed by atoms with Gasteiger partial charge >= 0.3 is 0 Å². The number of hydrogen-bond acceptors (Lipinski definition) is 4. The Balaban J connectivity index is 2.28. The van der Waals surface area contributed by atoms with Gasteiger partial charge in [-0.2, -0.15) is 0 Å². The summed E-state index contributed by atoms with van der Waals surface area (Å²) in [4.78, 5) is 29.7. The van der Waals surface area contributed by atoms with E-state index in [1.807, 2.05) is 20.8 Å². The Morgan fingerprint density at radius 3 is 2.03 bits per heavy atom. The van der Waals surface area contributed by atoms with Crippen LogP contribution in [0, 0.1) is 0 Å². The Bertz CT molecular complexity index is 557. The molecule has 1 atom stereocenters. The zero-order chi connectivity index (χ0) is 21.4. The van der Waals surface area contributed by atoms with Gasteiger partial charge in [0, 0.05) is 16.0 Å². The van der Waals surface area contributed by atoms with Crippen molar-refractivity contribution in [1.82, 2.24) is 4.90 Å². The molecule has 0 aromatic rings. The largest absolute Gasteiger partial charge is 0.269 e. The van der Waals surface area contributed by atoms with E-state index in [0.29, 0.717) is 10.5 Å². The second-order valence-electron chi connectivity index (χ2n) is 9.53. The maximum Gasteiger partial charge on any atom is 0.269 e. The molecule has 0 N–H and O–H groups in total. The predicted octanol–water partition coefficient (Wildman–Crippen LogP) is 7.30. The molecule has 2 aliphatic rings. The summed E-state index contributed by atoms with van der Waals surface area (Å²) in [6, 6.07) is 0. The van der Waals surface area contributed by atoms with Crippen molar-refractivity contribution in [2.24, 2.45) is 0 Å². The highest BCUT2D eigenvalue weighted by Crippen LogP contribution is 2.45. The van der Waals surface area contributed by atoms with Crippen LogP contribution in [0.15, 0.2) is 9.81 Å². The van der Waals surface area contributed by atoms with Gasteiger partial charge in [-0.25, -0.2) is 0 Å². The van der Waals surface area contributed by atoms with Gasteiger partial charge in [-0.15, -0.1) is 23.5 Å². The topological polar surface area (TPSA) is 37.4 Å². The molecule has 0 aromatic carbocycles. The zero-order valence-electron chi connectivity index (χ0n) is 19.2. The van der Waals surface area contributed by atoms with E-state index >= 15 is 0 Å². The summed E-state index contributed by atoms with van der Waals surface area (Å²) in [5, 5.41) is 0.900. The van der Waals surface area contributed by atoms with E-state index in [9.17, 15) is 9.59 Å². The Morgan fingerprint density at radius 1 is 0.897 bits per heavy atom. The molecule has 0 aromatic heterocycles. The van der Waals surface area contributed by atoms with Gasteiger partial charge in [-0.05, 0) is 46.5 Å². The number of carbonyl (C=O) groups excluding carboxylic acids is 2. The van der Waals surface area contributed by atoms with Crippen LogP contribution in [0.3, 0.4) is 0 Å². The SMILES string of the molecule is CCCC[C@H](CCC)SC1=C(SC2CCCCCCC2)C(=O)N(C(C)(C)C)C1=O. The number of imide groups is 1. The first-order chi connectivity index (χ1) is 13.8. The first-order valence-electron chi connectivity index (χ1n) is 11.8. The van der Waals surface area contributed by atoms with E-state index < -0.39 is 5.54 Å². The number of amides is 2. The van der Waals surface area contributed by atoms with Gasteiger partial charge < -0.3 is 0 Å². The molecular formula is C24H41NO2S2. The smallest absolute Gasteiger partial charge is 0.268 e. The predicted molar refractivity (Wildman–Crippen MR) is 128 cm³/mol. The molecule has 1 aliphatic heterocycles. The highest BCUT2D eigenvalue weighted by Gasteiger charge is 2.45. The van der Waals surface area contributed by atoms with Crippen LogP contribution in [-0.2, 0) is 9.59 Å². The molecular weight excluding hydrogens is 398 g/mol. The molecule has 2 rings (SSSR count). The van der Waals surface area contributed by atoms with Crippen molar-refractivity contribution in [2.45, 2.75) is 128 Å². The fraction of sp³-hybridized carbons (Fsp3) is 0.833. The summed E-state index contributed by atoms with van der Waals surface area (Å²) in [5.41, 5.74) is -0.479. The number of unbranched alkanes of at least 4 members (excludes halogenated alkanes) is 1. The van der Waals surface area contributed by atoms with E-state index in [1.165, 1.54) is 49.8 Å². The van der Waals surface area contributed by atoms with E-state index in [4.69, 9.17) is 0 Å². The van der Waals surface area contributed by atoms with Crippen LogP contribution in [0.25, 0.3) is 0 Å². The van der Waals surface area contributed by atoms with Crippen molar-refractivity contribution < 1.29 is 9.59 Å². The number of hydrogen-bond donors (Lipinski definition) is 0. The van der Waals surface area contributed by atoms with Gasteiger partial charge in [-0.3, -0.25) is 14.5 Å². The molecule has 3 nitrogen and oxygen atoms in total. The molecule has 0 radical (unpaired) electrons. The second-order valence-corrected chi connectivity index (χ2v) is 12.2. The molecule has 5 heteroatoms. The maximum atomic E-state index is 13.4. The Kier molecular flexibility index (Phi) is 10.1. The standard InChI is InChI=1S/C24H41NO2S2/c1-6-8-15-18(14-7-2)28-20-21(23(27)25(22(20)26)24(3,4)5)29-19-16-12-10-9-11-13-17-19/h18-19H,6-17H2,1-5H3/t18-/m0/s1. The van der Waals surface area contributed by atoms with Crippen LogP contribution in [0.4, 0.5) is 0 Å². The first kappa shape index (κ1) is 24.8. The summed E-state index contributed by atoms with van der Waals surface area (Å²) in [6.45, 7) is 10.3. The molecule has 1 aliphatic carbocycles. The minimum Gasteiger partial charge on any atom is -0.268 e. The lowest BCUT2D eigenvalue weighted by atomic mass is 10.0. The number of rotatable bonds is 9. The van der Waals surface area contributed by atoms with Gasteiger partial charge in [0.25, 0.3) is 11.8 Å². The van der Waals surface area contributed by atoms with Gasteiger partial charge in [0.2, 0.25) is 0 Å². The van der Waals surface area contributed by atoms with E-state index in [2.05, 4.69) is 13.8 Å². The van der Waals surface area contributed by atoms with Crippen molar-refractivity contribution in [1.29, 1.82) is 0 Å². The Labute approximate surface area is 187 Å². The van der Waals surface area contributed by atoms with Crippen LogP contribution in [0.2, 0.25) is 0 Å². The molecule has 1 fully saturated rings. The van der Waals surface area contributed by atoms with Gasteiger partial charge in [0.15, 0.2) is 0 Å². The van der Waals surface area contributed by atoms with Crippen molar-refractivity contribution in [3.63, 3.8) is 0 Å². The molecule has 1 saturated carbocycles. The summed E-state index contributed by atoms with van der Waals surface area (Å²) < 4.78 is 0. The minimum absolute atomic E-state index is 0.0530. The summed E-state index contributed by atoms with van der Waals surface area (Å²) in [6.07, 6.45) is 14.4. The Hall–Kier alpha value is -0.420. The quantitative estimate of drug-likeness (QED) is 0.353. The molecule has 0 saturated heterocycles. The number of carbonyl (C=O) groups is 2. The Morgan fingerprint density at radius 2 is 1.48 bits per heavy atom. The van der Waals surface area contributed by atoms with E-state index in [-0.39, 0.29) is 11.8 Å². The normalized spacial score (nSPS) is 20.9. The molecule has 0 spiro atoms. The molecule has 0 unspecified atom stereocenters. The van der Waals surface area contributed by atoms with Crippen LogP contribution < -0.4 is 0 Å². The van der Waals surface area contributed by atoms with Gasteiger partial charge in [0.1, 0.15) is 0 Å². The van der Waals surface area contributed by atoms with Crippen molar-refractivity contribution in [3.05, 3.63) is 9.81 Å². The number of nitrogens with zero attached hydrogens (tertiary/aromatic N) is 1. The first-order valence-corrected chi connectivity index (χ1v) is 13.5. The van der Waals surface area contributed by atoms with Gasteiger partial charge in [-0.1, -0.05) is 65.2 Å². The van der Waals surface area contributed by atoms with Crippen LogP contribution >= 0.6 is 23.5 Å². The third-order valence-electron chi connectivity index (χ3n) is 5.78. The van der Waals surface area contributed by atoms with Gasteiger partial charge in [0.05, 0.1) is 9.81 Å². The highest BCUT2D eigenvalue weighted by atomic mass is 32.2. The molecule has 2 amide bonds. The third-order valence-corrected chi connectivity index (χ3v) is 8.75. The summed E-state index contributed by atoms with van der Waals surface area (Å²) in [7, 11) is 0. The summed E-state index contributed by atoms with van der Waals surface area (Å²) >= 11 is 3.42. The average molecular weight is 440 g/mol. The van der Waals surface area contributed by atoms with Crippen molar-refractivity contribution in [3.8, 4) is 0 Å². The third kappa shape index (κ3) is 7.05. The van der Waals surface area contributed by atoms with E-state index in [1.54, 1.807) is 23.5 Å². The molecule has 166 valence electrons. The average Bonchev–Trinajstić information content (AvgIpc) is 2.85. The molecule has 1 heterocycles. The van der Waals surface area contributed by atoms with Crippen LogP contribution in [0.5, 0.6) is 0 Å². The highest BCUT2D eigenvalue weighted by molar-refractivity contribution is 8.08. The maximum absolute atomic E-state index is 13.4. The van der Waals surface area contributed by atoms with Crippen LogP contribution in [-0.4, -0.2) is 32.8 Å². The fourth-order valence-corrected chi connectivity index (χ4v) is 7.13. The summed E-state index contributed by atoms with van der Waals surface area (Å²) in [5.74, 6) is -0.110. The fourth-order valence-electron chi connectivity index (χ4n) is 4.19. The zero-order valence-corrected chi connectivity index (χ0v) is 20.9. The van der Waals surface area contributed by atoms with E-state index in [0.717, 1.165) is 41.9 Å². The number of thioether (sulfide) groups is 2. The lowest BCUT2D eigenvalue weighted by molar-refractivity contribution is -0.142.